The van der Waals surface area contributed by atoms with E-state index in [1.165, 1.54) is 5.75 Å². The van der Waals surface area contributed by atoms with Crippen LogP contribution in [0.2, 0.25) is 0 Å². The highest BCUT2D eigenvalue weighted by molar-refractivity contribution is 9.10. The van der Waals surface area contributed by atoms with Crippen LogP contribution in [-0.2, 0) is 0 Å². The highest BCUT2D eigenvalue weighted by atomic mass is 79.9. The zero-order valence-corrected chi connectivity index (χ0v) is 8.24. The summed E-state index contributed by atoms with van der Waals surface area (Å²) in [4.78, 5) is 0. The van der Waals surface area contributed by atoms with Gasteiger partial charge in [0.05, 0.1) is 0 Å². The normalized spacial score (nSPS) is 24.3. The zero-order valence-electron chi connectivity index (χ0n) is 5.84. The Kier molecular flexibility index (Phi) is 2.25. The fourth-order valence-electron chi connectivity index (χ4n) is 1.08. The van der Waals surface area contributed by atoms with E-state index in [-0.39, 0.29) is 0 Å². The summed E-state index contributed by atoms with van der Waals surface area (Å²) in [5, 5.41) is 3.70. The molecule has 4 heteroatoms. The minimum Gasteiger partial charge on any atom is -0.452 e. The molecule has 1 aromatic heterocycles. The van der Waals surface area contributed by atoms with E-state index >= 15 is 0 Å². The number of thioether (sulfide) groups is 1. The maximum absolute atomic E-state index is 5.40. The van der Waals surface area contributed by atoms with Crippen LogP contribution in [0.5, 0.6) is 0 Å². The smallest absolute Gasteiger partial charge is 0.169 e. The molecule has 1 saturated heterocycles. The summed E-state index contributed by atoms with van der Waals surface area (Å²) >= 11 is 5.16. The van der Waals surface area contributed by atoms with Crippen molar-refractivity contribution in [2.75, 3.05) is 12.3 Å². The molecule has 1 aliphatic rings. The van der Waals surface area contributed by atoms with E-state index in [4.69, 9.17) is 4.42 Å². The van der Waals surface area contributed by atoms with Crippen molar-refractivity contribution in [2.24, 2.45) is 0 Å². The first kappa shape index (κ1) is 7.71. The molecule has 0 amide bonds. The maximum atomic E-state index is 5.40. The third kappa shape index (κ3) is 1.63. The van der Waals surface area contributed by atoms with Crippen molar-refractivity contribution in [3.63, 3.8) is 0 Å². The van der Waals surface area contributed by atoms with E-state index in [0.717, 1.165) is 17.0 Å². The Balaban J connectivity index is 2.15. The summed E-state index contributed by atoms with van der Waals surface area (Å²) in [6, 6.07) is 3.93. The first-order valence-corrected chi connectivity index (χ1v) is 5.30. The van der Waals surface area contributed by atoms with Crippen LogP contribution in [0.15, 0.2) is 21.2 Å². The summed E-state index contributed by atoms with van der Waals surface area (Å²) in [7, 11) is 0. The first-order valence-electron chi connectivity index (χ1n) is 3.46. The Bertz CT molecular complexity index is 244. The van der Waals surface area contributed by atoms with Gasteiger partial charge in [0.25, 0.3) is 0 Å². The van der Waals surface area contributed by atoms with Gasteiger partial charge in [-0.2, -0.15) is 0 Å². The first-order chi connectivity index (χ1) is 5.36. The number of nitrogens with one attached hydrogen (secondary N) is 1. The zero-order chi connectivity index (χ0) is 7.68. The van der Waals surface area contributed by atoms with Gasteiger partial charge in [-0.15, -0.1) is 11.8 Å². The van der Waals surface area contributed by atoms with E-state index in [9.17, 15) is 0 Å². The Morgan fingerprint density at radius 3 is 3.09 bits per heavy atom. The molecular formula is C7H8BrNOS. The van der Waals surface area contributed by atoms with Crippen LogP contribution < -0.4 is 5.32 Å². The van der Waals surface area contributed by atoms with E-state index in [1.807, 2.05) is 23.9 Å². The van der Waals surface area contributed by atoms with Crippen molar-refractivity contribution in [1.29, 1.82) is 0 Å². The molecule has 0 aliphatic carbocycles. The Labute approximate surface area is 77.9 Å². The summed E-state index contributed by atoms with van der Waals surface area (Å²) in [5.41, 5.74) is 0. The van der Waals surface area contributed by atoms with Crippen LogP contribution in [0.4, 0.5) is 0 Å². The quantitative estimate of drug-likeness (QED) is 0.807. The molecule has 2 heterocycles. The van der Waals surface area contributed by atoms with Gasteiger partial charge >= 0.3 is 0 Å². The van der Waals surface area contributed by atoms with E-state index in [2.05, 4.69) is 21.2 Å². The van der Waals surface area contributed by atoms with E-state index in [0.29, 0.717) is 5.37 Å². The molecule has 1 atom stereocenters. The lowest BCUT2D eigenvalue weighted by atomic mass is 10.4. The second-order valence-electron chi connectivity index (χ2n) is 2.35. The number of rotatable bonds is 1. The van der Waals surface area contributed by atoms with Crippen molar-refractivity contribution >= 4 is 27.7 Å². The molecule has 0 spiro atoms. The fourth-order valence-corrected chi connectivity index (χ4v) is 2.39. The molecular weight excluding hydrogens is 226 g/mol. The second kappa shape index (κ2) is 3.21. The van der Waals surface area contributed by atoms with Crippen LogP contribution in [0, 0.1) is 0 Å². The van der Waals surface area contributed by atoms with Crippen LogP contribution in [0.3, 0.4) is 0 Å². The van der Waals surface area contributed by atoms with Crippen molar-refractivity contribution in [3.05, 3.63) is 22.6 Å². The van der Waals surface area contributed by atoms with Crippen molar-refractivity contribution in [2.45, 2.75) is 5.37 Å². The molecule has 0 saturated carbocycles. The minimum atomic E-state index is 0.362. The van der Waals surface area contributed by atoms with Gasteiger partial charge in [0.2, 0.25) is 0 Å². The molecule has 2 nitrogen and oxygen atoms in total. The molecule has 0 radical (unpaired) electrons. The summed E-state index contributed by atoms with van der Waals surface area (Å²) < 4.78 is 6.21. The van der Waals surface area contributed by atoms with Crippen LogP contribution >= 0.6 is 27.7 Å². The standard InChI is InChI=1S/C7H8BrNOS/c8-6-2-1-5(10-6)7-9-3-4-11-7/h1-2,7,9H,3-4H2/t7-/m1/s1. The molecule has 0 unspecified atom stereocenters. The van der Waals surface area contributed by atoms with Crippen molar-refractivity contribution in [1.82, 2.24) is 5.32 Å². The minimum absolute atomic E-state index is 0.362. The molecule has 1 N–H and O–H groups in total. The van der Waals surface area contributed by atoms with Crippen LogP contribution in [0.25, 0.3) is 0 Å². The highest BCUT2D eigenvalue weighted by Crippen LogP contribution is 2.31. The van der Waals surface area contributed by atoms with E-state index < -0.39 is 0 Å². The summed E-state index contributed by atoms with van der Waals surface area (Å²) in [5.74, 6) is 2.18. The van der Waals surface area contributed by atoms with Gasteiger partial charge in [-0.1, -0.05) is 0 Å². The molecule has 1 aromatic rings. The number of halogens is 1. The van der Waals surface area contributed by atoms with E-state index in [1.54, 1.807) is 0 Å². The Morgan fingerprint density at radius 2 is 2.55 bits per heavy atom. The predicted octanol–water partition coefficient (Wildman–Crippen LogP) is 2.38. The van der Waals surface area contributed by atoms with Crippen molar-refractivity contribution < 1.29 is 4.42 Å². The molecule has 0 bridgehead atoms. The molecule has 2 rings (SSSR count). The fraction of sp³-hybridized carbons (Fsp3) is 0.429. The third-order valence-electron chi connectivity index (χ3n) is 1.57. The van der Waals surface area contributed by atoms with Gasteiger partial charge < -0.3 is 4.42 Å². The topological polar surface area (TPSA) is 25.2 Å². The van der Waals surface area contributed by atoms with Crippen molar-refractivity contribution in [3.8, 4) is 0 Å². The van der Waals surface area contributed by atoms with Gasteiger partial charge in [-0.25, -0.2) is 0 Å². The third-order valence-corrected chi connectivity index (χ3v) is 3.17. The summed E-state index contributed by atoms with van der Waals surface area (Å²) in [6.45, 7) is 1.08. The molecule has 0 aromatic carbocycles. The largest absolute Gasteiger partial charge is 0.452 e. The molecule has 1 aliphatic heterocycles. The number of furan rings is 1. The number of hydrogen-bond donors (Lipinski definition) is 1. The molecule has 1 fully saturated rings. The SMILES string of the molecule is Brc1ccc([C@@H]2NCCS2)o1. The molecule has 60 valence electrons. The average molecular weight is 234 g/mol. The Hall–Kier alpha value is 0.0700. The lowest BCUT2D eigenvalue weighted by Gasteiger charge is -2.03. The van der Waals surface area contributed by atoms with Crippen LogP contribution in [-0.4, -0.2) is 12.3 Å². The Morgan fingerprint density at radius 1 is 1.64 bits per heavy atom. The summed E-state index contributed by atoms with van der Waals surface area (Å²) in [6.07, 6.45) is 0. The highest BCUT2D eigenvalue weighted by Gasteiger charge is 2.19. The monoisotopic (exact) mass is 233 g/mol. The van der Waals surface area contributed by atoms with Gasteiger partial charge in [-0.05, 0) is 28.1 Å². The van der Waals surface area contributed by atoms with Gasteiger partial charge in [0, 0.05) is 12.3 Å². The lowest BCUT2D eigenvalue weighted by molar-refractivity contribution is 0.470. The van der Waals surface area contributed by atoms with Gasteiger partial charge in [-0.3, -0.25) is 5.32 Å². The van der Waals surface area contributed by atoms with Crippen LogP contribution in [0.1, 0.15) is 11.1 Å². The second-order valence-corrected chi connectivity index (χ2v) is 4.34. The number of hydrogen-bond acceptors (Lipinski definition) is 3. The predicted molar refractivity (Wildman–Crippen MR) is 49.6 cm³/mol. The van der Waals surface area contributed by atoms with Gasteiger partial charge in [0.15, 0.2) is 4.67 Å². The lowest BCUT2D eigenvalue weighted by Crippen LogP contribution is -2.11. The average Bonchev–Trinajstić information content (AvgIpc) is 2.55. The maximum Gasteiger partial charge on any atom is 0.169 e. The molecule has 11 heavy (non-hydrogen) atoms. The van der Waals surface area contributed by atoms with Gasteiger partial charge in [0.1, 0.15) is 11.1 Å².